The molecule has 1 aromatic rings. The lowest BCUT2D eigenvalue weighted by Crippen LogP contribution is -2.45. The van der Waals surface area contributed by atoms with E-state index in [9.17, 15) is 4.79 Å². The maximum Gasteiger partial charge on any atom is 0.407 e. The molecule has 0 bridgehead atoms. The summed E-state index contributed by atoms with van der Waals surface area (Å²) >= 11 is 1.84. The Morgan fingerprint density at radius 1 is 1.55 bits per heavy atom. The van der Waals surface area contributed by atoms with Gasteiger partial charge < -0.3 is 15.8 Å². The number of hydrogen-bond acceptors (Lipinski definition) is 5. The minimum absolute atomic E-state index is 0.294. The van der Waals surface area contributed by atoms with E-state index in [0.29, 0.717) is 19.1 Å². The average molecular weight is 325 g/mol. The van der Waals surface area contributed by atoms with Crippen molar-refractivity contribution in [2.45, 2.75) is 51.8 Å². The van der Waals surface area contributed by atoms with E-state index in [4.69, 9.17) is 10.5 Å². The van der Waals surface area contributed by atoms with Crippen LogP contribution in [0.2, 0.25) is 0 Å². The summed E-state index contributed by atoms with van der Waals surface area (Å²) in [7, 11) is 0. The van der Waals surface area contributed by atoms with Gasteiger partial charge in [0.25, 0.3) is 0 Å². The van der Waals surface area contributed by atoms with Crippen molar-refractivity contribution in [1.82, 2.24) is 10.2 Å². The highest BCUT2D eigenvalue weighted by Crippen LogP contribution is 2.25. The van der Waals surface area contributed by atoms with Crippen LogP contribution in [0.15, 0.2) is 11.4 Å². The molecule has 0 saturated carbocycles. The lowest BCUT2D eigenvalue weighted by molar-refractivity contribution is 0.0521. The molecule has 0 spiro atoms. The third kappa shape index (κ3) is 4.97. The minimum Gasteiger partial charge on any atom is -0.444 e. The molecular formula is C16H27N3O2S. The second-order valence-electron chi connectivity index (χ2n) is 6.70. The largest absolute Gasteiger partial charge is 0.444 e. The van der Waals surface area contributed by atoms with Crippen LogP contribution in [0.4, 0.5) is 4.79 Å². The highest BCUT2D eigenvalue weighted by molar-refractivity contribution is 7.10. The van der Waals surface area contributed by atoms with Crippen LogP contribution in [0.1, 0.15) is 37.6 Å². The number of amides is 1. The van der Waals surface area contributed by atoms with Crippen LogP contribution in [0.5, 0.6) is 0 Å². The summed E-state index contributed by atoms with van der Waals surface area (Å²) in [5.41, 5.74) is 6.90. The van der Waals surface area contributed by atoms with Gasteiger partial charge in [0.2, 0.25) is 0 Å². The van der Waals surface area contributed by atoms with Gasteiger partial charge in [-0.1, -0.05) is 0 Å². The normalized spacial score (nSPS) is 16.9. The third-order valence-corrected chi connectivity index (χ3v) is 4.79. The van der Waals surface area contributed by atoms with E-state index >= 15 is 0 Å². The standard InChI is InChI=1S/C16H27N3O2S/c1-16(2,3)21-15(20)18-7-4-13(10-17)19-8-5-14-12(11-19)6-9-22-14/h6,9,13H,4-5,7-8,10-11,17H2,1-3H3,(H,18,20). The van der Waals surface area contributed by atoms with Crippen LogP contribution < -0.4 is 11.1 Å². The predicted octanol–water partition coefficient (Wildman–Crippen LogP) is 2.35. The number of ether oxygens (including phenoxy) is 1. The molecule has 2 rings (SSSR count). The number of carbonyl (C=O) groups excluding carboxylic acids is 1. The molecule has 0 aliphatic carbocycles. The van der Waals surface area contributed by atoms with Crippen LogP contribution in [-0.2, 0) is 17.7 Å². The van der Waals surface area contributed by atoms with Crippen molar-refractivity contribution in [2.75, 3.05) is 19.6 Å². The zero-order chi connectivity index (χ0) is 16.2. The summed E-state index contributed by atoms with van der Waals surface area (Å²) in [5, 5.41) is 4.98. The van der Waals surface area contributed by atoms with Crippen LogP contribution in [0.25, 0.3) is 0 Å². The SMILES string of the molecule is CC(C)(C)OC(=O)NCCC(CN)N1CCc2sccc2C1. The lowest BCUT2D eigenvalue weighted by Gasteiger charge is -2.34. The Balaban J connectivity index is 1.77. The summed E-state index contributed by atoms with van der Waals surface area (Å²) in [5.74, 6) is 0. The number of nitrogens with one attached hydrogen (secondary N) is 1. The number of fused-ring (bicyclic) bond motifs is 1. The maximum absolute atomic E-state index is 11.7. The summed E-state index contributed by atoms with van der Waals surface area (Å²) in [6.45, 7) is 8.79. The van der Waals surface area contributed by atoms with Crippen LogP contribution in [0, 0.1) is 0 Å². The van der Waals surface area contributed by atoms with E-state index in [-0.39, 0.29) is 6.09 Å². The van der Waals surface area contributed by atoms with Gasteiger partial charge in [0.05, 0.1) is 0 Å². The van der Waals surface area contributed by atoms with Crippen LogP contribution >= 0.6 is 11.3 Å². The quantitative estimate of drug-likeness (QED) is 0.872. The predicted molar refractivity (Wildman–Crippen MR) is 90.1 cm³/mol. The van der Waals surface area contributed by atoms with Crippen molar-refractivity contribution in [3.05, 3.63) is 21.9 Å². The van der Waals surface area contributed by atoms with Crippen molar-refractivity contribution in [3.8, 4) is 0 Å². The van der Waals surface area contributed by atoms with Crippen molar-refractivity contribution in [2.24, 2.45) is 5.73 Å². The summed E-state index contributed by atoms with van der Waals surface area (Å²) < 4.78 is 5.24. The fourth-order valence-electron chi connectivity index (χ4n) is 2.69. The van der Waals surface area contributed by atoms with Gasteiger partial charge in [0.1, 0.15) is 5.60 Å². The number of carbonyl (C=O) groups is 1. The second kappa shape index (κ2) is 7.44. The molecule has 1 atom stereocenters. The number of hydrogen-bond donors (Lipinski definition) is 2. The molecule has 22 heavy (non-hydrogen) atoms. The third-order valence-electron chi connectivity index (χ3n) is 3.77. The first-order chi connectivity index (χ1) is 10.4. The van der Waals surface area contributed by atoms with Gasteiger partial charge >= 0.3 is 6.09 Å². The molecule has 124 valence electrons. The van der Waals surface area contributed by atoms with Crippen molar-refractivity contribution in [3.63, 3.8) is 0 Å². The average Bonchev–Trinajstić information content (AvgIpc) is 2.89. The molecule has 1 aromatic heterocycles. The number of rotatable bonds is 5. The van der Waals surface area contributed by atoms with Gasteiger partial charge in [-0.25, -0.2) is 4.79 Å². The number of nitrogens with zero attached hydrogens (tertiary/aromatic N) is 1. The minimum atomic E-state index is -0.459. The van der Waals surface area contributed by atoms with Crippen LogP contribution in [0.3, 0.4) is 0 Å². The van der Waals surface area contributed by atoms with E-state index in [2.05, 4.69) is 21.7 Å². The highest BCUT2D eigenvalue weighted by Gasteiger charge is 2.23. The number of nitrogens with two attached hydrogens (primary N) is 1. The molecule has 6 heteroatoms. The molecular weight excluding hydrogens is 298 g/mol. The second-order valence-corrected chi connectivity index (χ2v) is 7.70. The first-order valence-corrected chi connectivity index (χ1v) is 8.73. The summed E-state index contributed by atoms with van der Waals surface area (Å²) in [4.78, 5) is 15.6. The molecule has 2 heterocycles. The van der Waals surface area contributed by atoms with Crippen molar-refractivity contribution in [1.29, 1.82) is 0 Å². The van der Waals surface area contributed by atoms with E-state index in [1.54, 1.807) is 0 Å². The maximum atomic E-state index is 11.7. The fourth-order valence-corrected chi connectivity index (χ4v) is 3.58. The molecule has 1 aliphatic heterocycles. The van der Waals surface area contributed by atoms with E-state index in [1.165, 1.54) is 10.4 Å². The molecule has 0 aromatic carbocycles. The fraction of sp³-hybridized carbons (Fsp3) is 0.688. The molecule has 0 radical (unpaired) electrons. The van der Waals surface area contributed by atoms with Gasteiger partial charge in [-0.05, 0) is 50.6 Å². The van der Waals surface area contributed by atoms with Crippen LogP contribution in [-0.4, -0.2) is 42.3 Å². The van der Waals surface area contributed by atoms with E-state index in [1.807, 2.05) is 32.1 Å². The van der Waals surface area contributed by atoms with Crippen molar-refractivity contribution >= 4 is 17.4 Å². The molecule has 1 amide bonds. The smallest absolute Gasteiger partial charge is 0.407 e. The van der Waals surface area contributed by atoms with Gasteiger partial charge in [-0.2, -0.15) is 0 Å². The molecule has 5 nitrogen and oxygen atoms in total. The Morgan fingerprint density at radius 3 is 3.00 bits per heavy atom. The monoisotopic (exact) mass is 325 g/mol. The first-order valence-electron chi connectivity index (χ1n) is 7.85. The number of alkyl carbamates (subject to hydrolysis) is 1. The van der Waals surface area contributed by atoms with Gasteiger partial charge in [0, 0.05) is 37.1 Å². The topological polar surface area (TPSA) is 67.6 Å². The number of thiophene rings is 1. The van der Waals surface area contributed by atoms with E-state index in [0.717, 1.165) is 25.9 Å². The molecule has 0 fully saturated rings. The Morgan fingerprint density at radius 2 is 2.32 bits per heavy atom. The van der Waals surface area contributed by atoms with Gasteiger partial charge in [0.15, 0.2) is 0 Å². The lowest BCUT2D eigenvalue weighted by atomic mass is 10.1. The molecule has 3 N–H and O–H groups in total. The van der Waals surface area contributed by atoms with Gasteiger partial charge in [-0.15, -0.1) is 11.3 Å². The zero-order valence-electron chi connectivity index (χ0n) is 13.7. The van der Waals surface area contributed by atoms with Crippen molar-refractivity contribution < 1.29 is 9.53 Å². The first kappa shape index (κ1) is 17.2. The summed E-state index contributed by atoms with van der Waals surface area (Å²) in [6, 6.07) is 2.50. The zero-order valence-corrected chi connectivity index (χ0v) is 14.5. The Labute approximate surface area is 136 Å². The Hall–Kier alpha value is -1.11. The summed E-state index contributed by atoms with van der Waals surface area (Å²) in [6.07, 6.45) is 1.58. The molecule has 1 aliphatic rings. The molecule has 0 saturated heterocycles. The van der Waals surface area contributed by atoms with E-state index < -0.39 is 5.60 Å². The Kier molecular flexibility index (Phi) is 5.83. The van der Waals surface area contributed by atoms with Gasteiger partial charge in [-0.3, -0.25) is 4.90 Å². The molecule has 1 unspecified atom stereocenters. The highest BCUT2D eigenvalue weighted by atomic mass is 32.1. The Bertz CT molecular complexity index is 496.